The van der Waals surface area contributed by atoms with Crippen molar-refractivity contribution in [2.24, 2.45) is 0 Å². The molecular weight excluding hydrogens is 244 g/mol. The van der Waals surface area contributed by atoms with E-state index in [4.69, 9.17) is 10.00 Å². The van der Waals surface area contributed by atoms with Crippen LogP contribution >= 0.6 is 11.3 Å². The van der Waals surface area contributed by atoms with E-state index in [1.54, 1.807) is 7.11 Å². The number of benzene rings is 1. The number of thiophene rings is 1. The Morgan fingerprint density at radius 3 is 2.94 bits per heavy atom. The van der Waals surface area contributed by atoms with Gasteiger partial charge in [-0.2, -0.15) is 5.26 Å². The molecule has 0 saturated heterocycles. The monoisotopic (exact) mass is 258 g/mol. The largest absolute Gasteiger partial charge is 0.380 e. The highest BCUT2D eigenvalue weighted by molar-refractivity contribution is 7.12. The smallest absolute Gasteiger partial charge is 0.110 e. The fourth-order valence-corrected chi connectivity index (χ4v) is 2.40. The topological polar surface area (TPSA) is 45.0 Å². The van der Waals surface area contributed by atoms with Crippen LogP contribution < -0.4 is 5.32 Å². The van der Waals surface area contributed by atoms with Crippen LogP contribution in [0.25, 0.3) is 0 Å². The maximum atomic E-state index is 8.76. The fraction of sp³-hybridized carbons (Fsp3) is 0.214. The van der Waals surface area contributed by atoms with Crippen molar-refractivity contribution in [3.8, 4) is 6.07 Å². The van der Waals surface area contributed by atoms with E-state index in [1.165, 1.54) is 11.3 Å². The average Bonchev–Trinajstić information content (AvgIpc) is 2.85. The van der Waals surface area contributed by atoms with Crippen LogP contribution in [0.4, 0.5) is 5.69 Å². The van der Waals surface area contributed by atoms with Gasteiger partial charge in [0.15, 0.2) is 0 Å². The quantitative estimate of drug-likeness (QED) is 0.894. The molecule has 0 unspecified atom stereocenters. The summed E-state index contributed by atoms with van der Waals surface area (Å²) in [7, 11) is 1.69. The highest BCUT2D eigenvalue weighted by Gasteiger charge is 2.00. The number of rotatable bonds is 5. The van der Waals surface area contributed by atoms with Crippen molar-refractivity contribution >= 4 is 17.0 Å². The zero-order valence-electron chi connectivity index (χ0n) is 10.1. The highest BCUT2D eigenvalue weighted by atomic mass is 32.1. The number of hydrogen-bond acceptors (Lipinski definition) is 4. The molecule has 18 heavy (non-hydrogen) atoms. The second kappa shape index (κ2) is 6.20. The Morgan fingerprint density at radius 1 is 1.33 bits per heavy atom. The first kappa shape index (κ1) is 12.6. The molecule has 0 amide bonds. The minimum absolute atomic E-state index is 0.618. The molecule has 0 fully saturated rings. The third-order valence-electron chi connectivity index (χ3n) is 2.48. The standard InChI is InChI=1S/C14H14N2OS/c1-17-10-11-3-2-4-12(7-11)16-9-14-6-5-13(8-15)18-14/h2-7,16H,9-10H2,1H3. The minimum atomic E-state index is 0.618. The van der Waals surface area contributed by atoms with Crippen molar-refractivity contribution in [2.45, 2.75) is 13.2 Å². The Hall–Kier alpha value is -1.83. The van der Waals surface area contributed by atoms with Gasteiger partial charge in [-0.3, -0.25) is 0 Å². The predicted molar refractivity (Wildman–Crippen MR) is 73.5 cm³/mol. The molecule has 2 aromatic rings. The molecule has 0 atom stereocenters. The Morgan fingerprint density at radius 2 is 2.22 bits per heavy atom. The lowest BCUT2D eigenvalue weighted by Crippen LogP contribution is -1.98. The van der Waals surface area contributed by atoms with Crippen LogP contribution in [0, 0.1) is 11.3 Å². The van der Waals surface area contributed by atoms with Gasteiger partial charge < -0.3 is 10.1 Å². The molecule has 2 rings (SSSR count). The van der Waals surface area contributed by atoms with Crippen LogP contribution in [-0.4, -0.2) is 7.11 Å². The fourth-order valence-electron chi connectivity index (χ4n) is 1.66. The van der Waals surface area contributed by atoms with E-state index in [2.05, 4.69) is 17.5 Å². The second-order valence-corrected chi connectivity index (χ2v) is 5.03. The first-order valence-electron chi connectivity index (χ1n) is 5.62. The number of anilines is 1. The van der Waals surface area contributed by atoms with Gasteiger partial charge in [-0.1, -0.05) is 12.1 Å². The van der Waals surface area contributed by atoms with Gasteiger partial charge in [-0.25, -0.2) is 0 Å². The number of nitrogens with zero attached hydrogens (tertiary/aromatic N) is 1. The number of ether oxygens (including phenoxy) is 1. The van der Waals surface area contributed by atoms with Crippen molar-refractivity contribution in [2.75, 3.05) is 12.4 Å². The van der Waals surface area contributed by atoms with Crippen molar-refractivity contribution in [1.82, 2.24) is 0 Å². The van der Waals surface area contributed by atoms with E-state index in [-0.39, 0.29) is 0 Å². The molecule has 0 aliphatic heterocycles. The van der Waals surface area contributed by atoms with Crippen LogP contribution in [0.5, 0.6) is 0 Å². The molecule has 0 bridgehead atoms. The van der Waals surface area contributed by atoms with Crippen molar-refractivity contribution < 1.29 is 4.74 Å². The zero-order valence-corrected chi connectivity index (χ0v) is 11.0. The van der Waals surface area contributed by atoms with Gasteiger partial charge in [-0.05, 0) is 29.8 Å². The number of nitriles is 1. The molecule has 92 valence electrons. The van der Waals surface area contributed by atoms with Gasteiger partial charge in [0.25, 0.3) is 0 Å². The van der Waals surface area contributed by atoms with Crippen LogP contribution in [0.1, 0.15) is 15.3 Å². The average molecular weight is 258 g/mol. The molecule has 0 aliphatic carbocycles. The molecule has 1 aromatic carbocycles. The lowest BCUT2D eigenvalue weighted by Gasteiger charge is -2.06. The first-order chi connectivity index (χ1) is 8.81. The summed E-state index contributed by atoms with van der Waals surface area (Å²) >= 11 is 1.52. The third-order valence-corrected chi connectivity index (χ3v) is 3.47. The predicted octanol–water partition coefficient (Wildman–Crippen LogP) is 3.38. The maximum absolute atomic E-state index is 8.76. The van der Waals surface area contributed by atoms with E-state index >= 15 is 0 Å². The van der Waals surface area contributed by atoms with Gasteiger partial charge in [-0.15, -0.1) is 11.3 Å². The number of nitrogens with one attached hydrogen (secondary N) is 1. The lowest BCUT2D eigenvalue weighted by molar-refractivity contribution is 0.185. The van der Waals surface area contributed by atoms with Crippen LogP contribution in [0.15, 0.2) is 36.4 Å². The molecule has 3 nitrogen and oxygen atoms in total. The van der Waals surface area contributed by atoms with Crippen LogP contribution in [-0.2, 0) is 17.9 Å². The maximum Gasteiger partial charge on any atom is 0.110 e. The summed E-state index contributed by atoms with van der Waals surface area (Å²) in [6.07, 6.45) is 0. The first-order valence-corrected chi connectivity index (χ1v) is 6.44. The van der Waals surface area contributed by atoms with E-state index in [9.17, 15) is 0 Å². The van der Waals surface area contributed by atoms with Gasteiger partial charge in [0, 0.05) is 24.2 Å². The SMILES string of the molecule is COCc1cccc(NCc2ccc(C#N)s2)c1. The molecule has 4 heteroatoms. The molecule has 1 aromatic heterocycles. The van der Waals surface area contributed by atoms with Crippen LogP contribution in [0.2, 0.25) is 0 Å². The number of methoxy groups -OCH3 is 1. The summed E-state index contributed by atoms with van der Waals surface area (Å²) < 4.78 is 5.10. The second-order valence-electron chi connectivity index (χ2n) is 3.86. The van der Waals surface area contributed by atoms with E-state index in [0.717, 1.165) is 27.5 Å². The molecule has 0 spiro atoms. The molecule has 1 heterocycles. The zero-order chi connectivity index (χ0) is 12.8. The summed E-state index contributed by atoms with van der Waals surface area (Å²) in [5.41, 5.74) is 2.21. The summed E-state index contributed by atoms with van der Waals surface area (Å²) in [5, 5.41) is 12.1. The van der Waals surface area contributed by atoms with Gasteiger partial charge in [0.2, 0.25) is 0 Å². The Balaban J connectivity index is 1.97. The third kappa shape index (κ3) is 3.33. The van der Waals surface area contributed by atoms with Crippen molar-refractivity contribution in [3.05, 3.63) is 51.7 Å². The van der Waals surface area contributed by atoms with Gasteiger partial charge in [0.1, 0.15) is 10.9 Å². The molecule has 0 saturated carbocycles. The Bertz CT molecular complexity index is 557. The molecular formula is C14H14N2OS. The summed E-state index contributed by atoms with van der Waals surface area (Å²) in [6, 6.07) is 14.1. The number of hydrogen-bond donors (Lipinski definition) is 1. The van der Waals surface area contributed by atoms with Crippen molar-refractivity contribution in [3.63, 3.8) is 0 Å². The lowest BCUT2D eigenvalue weighted by atomic mass is 10.2. The summed E-state index contributed by atoms with van der Waals surface area (Å²) in [5.74, 6) is 0. The Labute approximate surface area is 111 Å². The molecule has 0 aliphatic rings. The van der Waals surface area contributed by atoms with E-state index in [0.29, 0.717) is 6.61 Å². The van der Waals surface area contributed by atoms with E-state index < -0.39 is 0 Å². The molecule has 1 N–H and O–H groups in total. The van der Waals surface area contributed by atoms with E-state index in [1.807, 2.05) is 30.3 Å². The normalized spacial score (nSPS) is 10.0. The van der Waals surface area contributed by atoms with Gasteiger partial charge in [0.05, 0.1) is 6.61 Å². The summed E-state index contributed by atoms with van der Waals surface area (Å²) in [6.45, 7) is 1.36. The van der Waals surface area contributed by atoms with Crippen LogP contribution in [0.3, 0.4) is 0 Å². The Kier molecular flexibility index (Phi) is 4.35. The molecule has 0 radical (unpaired) electrons. The van der Waals surface area contributed by atoms with Gasteiger partial charge >= 0.3 is 0 Å². The summed E-state index contributed by atoms with van der Waals surface area (Å²) in [4.78, 5) is 1.91. The highest BCUT2D eigenvalue weighted by Crippen LogP contribution is 2.18. The minimum Gasteiger partial charge on any atom is -0.380 e. The van der Waals surface area contributed by atoms with Crippen molar-refractivity contribution in [1.29, 1.82) is 5.26 Å².